The third-order valence-electron chi connectivity index (χ3n) is 2.37. The number of benzene rings is 1. The van der Waals surface area contributed by atoms with Crippen LogP contribution in [0.4, 0.5) is 0 Å². The second-order valence-electron chi connectivity index (χ2n) is 3.80. The van der Waals surface area contributed by atoms with Crippen molar-refractivity contribution in [2.75, 3.05) is 13.1 Å². The van der Waals surface area contributed by atoms with Crippen LogP contribution < -0.4 is 10.6 Å². The molecule has 0 saturated heterocycles. The minimum Gasteiger partial charge on any atom is -0.315 e. The Hall–Kier alpha value is -0.280. The molecule has 0 fully saturated rings. The van der Waals surface area contributed by atoms with E-state index in [0.29, 0.717) is 16.1 Å². The molecule has 0 aliphatic rings. The maximum Gasteiger partial charge on any atom is 0.0637 e. The normalized spacial score (nSPS) is 12.8. The Morgan fingerprint density at radius 3 is 2.75 bits per heavy atom. The highest BCUT2D eigenvalue weighted by molar-refractivity contribution is 6.42. The highest BCUT2D eigenvalue weighted by Crippen LogP contribution is 2.25. The van der Waals surface area contributed by atoms with Gasteiger partial charge in [-0.05, 0) is 25.1 Å². The molecule has 0 heterocycles. The molecule has 4 heteroatoms. The van der Waals surface area contributed by atoms with Gasteiger partial charge in [0.15, 0.2) is 0 Å². The summed E-state index contributed by atoms with van der Waals surface area (Å²) in [4.78, 5) is 0. The van der Waals surface area contributed by atoms with Gasteiger partial charge in [-0.25, -0.2) is 0 Å². The molecule has 2 N–H and O–H groups in total. The van der Waals surface area contributed by atoms with Gasteiger partial charge in [0.05, 0.1) is 10.0 Å². The highest BCUT2D eigenvalue weighted by Gasteiger charge is 2.05. The molecule has 0 aromatic heterocycles. The number of hydrogen-bond acceptors (Lipinski definition) is 2. The maximum absolute atomic E-state index is 6.09. The van der Waals surface area contributed by atoms with Gasteiger partial charge in [0.25, 0.3) is 0 Å². The van der Waals surface area contributed by atoms with Crippen LogP contribution in [0.15, 0.2) is 18.2 Å². The molecule has 0 radical (unpaired) electrons. The Bertz CT molecular complexity index is 329. The fourth-order valence-electron chi connectivity index (χ4n) is 1.40. The monoisotopic (exact) mass is 260 g/mol. The van der Waals surface area contributed by atoms with Crippen molar-refractivity contribution in [2.45, 2.75) is 26.4 Å². The Labute approximate surface area is 107 Å². The molecular formula is C12H18Cl2N2. The SMILES string of the molecule is CCNCC(C)NCc1cccc(Cl)c1Cl. The second-order valence-corrected chi connectivity index (χ2v) is 4.59. The smallest absolute Gasteiger partial charge is 0.0637 e. The van der Waals surface area contributed by atoms with Crippen LogP contribution in [0, 0.1) is 0 Å². The van der Waals surface area contributed by atoms with Crippen LogP contribution in [0.3, 0.4) is 0 Å². The summed E-state index contributed by atoms with van der Waals surface area (Å²) in [6.45, 7) is 6.92. The first kappa shape index (κ1) is 13.8. The quantitative estimate of drug-likeness (QED) is 0.822. The lowest BCUT2D eigenvalue weighted by Crippen LogP contribution is -2.35. The lowest BCUT2D eigenvalue weighted by atomic mass is 10.2. The molecule has 1 aromatic rings. The Morgan fingerprint density at radius 1 is 1.31 bits per heavy atom. The van der Waals surface area contributed by atoms with Crippen molar-refractivity contribution in [2.24, 2.45) is 0 Å². The summed E-state index contributed by atoms with van der Waals surface area (Å²) in [5.74, 6) is 0. The largest absolute Gasteiger partial charge is 0.315 e. The second kappa shape index (κ2) is 7.13. The van der Waals surface area contributed by atoms with Crippen molar-refractivity contribution < 1.29 is 0 Å². The summed E-state index contributed by atoms with van der Waals surface area (Å²) < 4.78 is 0. The number of nitrogens with one attached hydrogen (secondary N) is 2. The Morgan fingerprint density at radius 2 is 2.06 bits per heavy atom. The fourth-order valence-corrected chi connectivity index (χ4v) is 1.79. The molecule has 90 valence electrons. The fraction of sp³-hybridized carbons (Fsp3) is 0.500. The standard InChI is InChI=1S/C12H18Cl2N2/c1-3-15-7-9(2)16-8-10-5-4-6-11(13)12(10)14/h4-6,9,15-16H,3,7-8H2,1-2H3. The number of likely N-dealkylation sites (N-methyl/N-ethyl adjacent to an activating group) is 1. The van der Waals surface area contributed by atoms with Crippen molar-refractivity contribution in [1.82, 2.24) is 10.6 Å². The molecular weight excluding hydrogens is 243 g/mol. The molecule has 1 unspecified atom stereocenters. The summed E-state index contributed by atoms with van der Waals surface area (Å²) in [6, 6.07) is 6.12. The lowest BCUT2D eigenvalue weighted by molar-refractivity contribution is 0.509. The van der Waals surface area contributed by atoms with Gasteiger partial charge in [0, 0.05) is 19.1 Å². The minimum atomic E-state index is 0.412. The summed E-state index contributed by atoms with van der Waals surface area (Å²) in [5, 5.41) is 7.94. The van der Waals surface area contributed by atoms with Gasteiger partial charge < -0.3 is 10.6 Å². The van der Waals surface area contributed by atoms with Crippen molar-refractivity contribution in [3.63, 3.8) is 0 Å². The summed E-state index contributed by atoms with van der Waals surface area (Å²) >= 11 is 12.0. The first-order valence-corrected chi connectivity index (χ1v) is 6.27. The molecule has 0 bridgehead atoms. The highest BCUT2D eigenvalue weighted by atomic mass is 35.5. The van der Waals surface area contributed by atoms with E-state index in [1.807, 2.05) is 12.1 Å². The van der Waals surface area contributed by atoms with Crippen LogP contribution in [0.1, 0.15) is 19.4 Å². The van der Waals surface area contributed by atoms with Gasteiger partial charge in [-0.1, -0.05) is 42.3 Å². The van der Waals surface area contributed by atoms with E-state index in [2.05, 4.69) is 24.5 Å². The zero-order chi connectivity index (χ0) is 12.0. The Balaban J connectivity index is 2.45. The van der Waals surface area contributed by atoms with Gasteiger partial charge in [-0.3, -0.25) is 0 Å². The topological polar surface area (TPSA) is 24.1 Å². The molecule has 1 aromatic carbocycles. The van der Waals surface area contributed by atoms with Crippen LogP contribution in [-0.4, -0.2) is 19.1 Å². The predicted molar refractivity (Wildman–Crippen MR) is 71.3 cm³/mol. The number of hydrogen-bond donors (Lipinski definition) is 2. The maximum atomic E-state index is 6.09. The van der Waals surface area contributed by atoms with E-state index in [4.69, 9.17) is 23.2 Å². The molecule has 0 saturated carbocycles. The third-order valence-corrected chi connectivity index (χ3v) is 3.23. The third kappa shape index (κ3) is 4.30. The van der Waals surface area contributed by atoms with Gasteiger partial charge in [0.2, 0.25) is 0 Å². The molecule has 0 spiro atoms. The van der Waals surface area contributed by atoms with Gasteiger partial charge in [-0.2, -0.15) is 0 Å². The average Bonchev–Trinajstić information content (AvgIpc) is 2.28. The lowest BCUT2D eigenvalue weighted by Gasteiger charge is -2.15. The van der Waals surface area contributed by atoms with Crippen LogP contribution in [0.25, 0.3) is 0 Å². The molecule has 0 amide bonds. The zero-order valence-corrected chi connectivity index (χ0v) is 11.2. The summed E-state index contributed by atoms with van der Waals surface area (Å²) in [7, 11) is 0. The van der Waals surface area contributed by atoms with Gasteiger partial charge >= 0.3 is 0 Å². The van der Waals surface area contributed by atoms with E-state index in [9.17, 15) is 0 Å². The van der Waals surface area contributed by atoms with E-state index in [0.717, 1.165) is 25.2 Å². The van der Waals surface area contributed by atoms with E-state index < -0.39 is 0 Å². The van der Waals surface area contributed by atoms with E-state index in [1.54, 1.807) is 6.07 Å². The summed E-state index contributed by atoms with van der Waals surface area (Å²) in [5.41, 5.74) is 1.04. The molecule has 1 rings (SSSR count). The minimum absolute atomic E-state index is 0.412. The van der Waals surface area contributed by atoms with Crippen molar-refractivity contribution in [1.29, 1.82) is 0 Å². The van der Waals surface area contributed by atoms with Crippen molar-refractivity contribution in [3.05, 3.63) is 33.8 Å². The van der Waals surface area contributed by atoms with E-state index >= 15 is 0 Å². The first-order valence-electron chi connectivity index (χ1n) is 5.52. The summed E-state index contributed by atoms with van der Waals surface area (Å²) in [6.07, 6.45) is 0. The average molecular weight is 261 g/mol. The van der Waals surface area contributed by atoms with Crippen LogP contribution in [-0.2, 0) is 6.54 Å². The number of halogens is 2. The van der Waals surface area contributed by atoms with Crippen LogP contribution in [0.5, 0.6) is 0 Å². The van der Waals surface area contributed by atoms with Crippen molar-refractivity contribution >= 4 is 23.2 Å². The first-order chi connectivity index (χ1) is 7.65. The van der Waals surface area contributed by atoms with E-state index in [-0.39, 0.29) is 0 Å². The number of rotatable bonds is 6. The van der Waals surface area contributed by atoms with Gasteiger partial charge in [0.1, 0.15) is 0 Å². The molecule has 16 heavy (non-hydrogen) atoms. The van der Waals surface area contributed by atoms with E-state index in [1.165, 1.54) is 0 Å². The molecule has 1 atom stereocenters. The molecule has 2 nitrogen and oxygen atoms in total. The van der Waals surface area contributed by atoms with Crippen molar-refractivity contribution in [3.8, 4) is 0 Å². The van der Waals surface area contributed by atoms with Crippen LogP contribution in [0.2, 0.25) is 10.0 Å². The predicted octanol–water partition coefficient (Wildman–Crippen LogP) is 3.08. The van der Waals surface area contributed by atoms with Gasteiger partial charge in [-0.15, -0.1) is 0 Å². The van der Waals surface area contributed by atoms with Crippen LogP contribution >= 0.6 is 23.2 Å². The zero-order valence-electron chi connectivity index (χ0n) is 9.69. The Kier molecular flexibility index (Phi) is 6.14. The molecule has 0 aliphatic carbocycles. The molecule has 0 aliphatic heterocycles.